The second-order valence-corrected chi connectivity index (χ2v) is 6.59. The molecule has 0 unspecified atom stereocenters. The minimum Gasteiger partial charge on any atom is -0.325 e. The maximum absolute atomic E-state index is 12.9. The van der Waals surface area contributed by atoms with Crippen LogP contribution in [0.15, 0.2) is 54.6 Å². The molecule has 0 aliphatic carbocycles. The normalized spacial score (nSPS) is 10.5. The van der Waals surface area contributed by atoms with Crippen LogP contribution in [0, 0.1) is 13.8 Å². The highest BCUT2D eigenvalue weighted by atomic mass is 16.2. The third-order valence-corrected chi connectivity index (χ3v) is 4.45. The van der Waals surface area contributed by atoms with Crippen molar-refractivity contribution < 1.29 is 9.59 Å². The van der Waals surface area contributed by atoms with Crippen molar-refractivity contribution in [2.75, 3.05) is 10.6 Å². The lowest BCUT2D eigenvalue weighted by Gasteiger charge is -2.12. The number of para-hydroxylation sites is 2. The Morgan fingerprint density at radius 1 is 0.964 bits per heavy atom. The van der Waals surface area contributed by atoms with Gasteiger partial charge in [0.15, 0.2) is 0 Å². The highest BCUT2D eigenvalue weighted by molar-refractivity contribution is 6.10. The predicted molar refractivity (Wildman–Crippen MR) is 111 cm³/mol. The zero-order valence-electron chi connectivity index (χ0n) is 16.3. The quantitative estimate of drug-likeness (QED) is 0.666. The van der Waals surface area contributed by atoms with Crippen LogP contribution in [0.5, 0.6) is 0 Å². The molecule has 144 valence electrons. The molecule has 0 saturated heterocycles. The number of nitrogens with one attached hydrogen (secondary N) is 2. The maximum atomic E-state index is 12.9. The molecule has 0 saturated carbocycles. The fourth-order valence-electron chi connectivity index (χ4n) is 3.05. The third kappa shape index (κ3) is 4.11. The summed E-state index contributed by atoms with van der Waals surface area (Å²) >= 11 is 0. The maximum Gasteiger partial charge on any atom is 0.257 e. The first-order chi connectivity index (χ1) is 13.5. The summed E-state index contributed by atoms with van der Waals surface area (Å²) in [4.78, 5) is 24.9. The highest BCUT2D eigenvalue weighted by Gasteiger charge is 2.18. The number of rotatable bonds is 6. The molecule has 2 N–H and O–H groups in total. The van der Waals surface area contributed by atoms with Crippen molar-refractivity contribution in [3.8, 4) is 5.69 Å². The van der Waals surface area contributed by atoms with Crippen molar-refractivity contribution in [1.29, 1.82) is 0 Å². The minimum atomic E-state index is -0.286. The van der Waals surface area contributed by atoms with Gasteiger partial charge in [0.1, 0.15) is 0 Å². The molecule has 28 heavy (non-hydrogen) atoms. The Morgan fingerprint density at radius 3 is 2.36 bits per heavy atom. The number of hydrogen-bond donors (Lipinski definition) is 2. The van der Waals surface area contributed by atoms with Crippen LogP contribution in [-0.2, 0) is 4.79 Å². The van der Waals surface area contributed by atoms with Crippen molar-refractivity contribution >= 4 is 23.2 Å². The summed E-state index contributed by atoms with van der Waals surface area (Å²) in [5, 5.41) is 10.3. The molecule has 0 radical (unpaired) electrons. The van der Waals surface area contributed by atoms with Crippen LogP contribution in [0.25, 0.3) is 5.69 Å². The lowest BCUT2D eigenvalue weighted by Crippen LogP contribution is -2.18. The van der Waals surface area contributed by atoms with Crippen molar-refractivity contribution in [3.63, 3.8) is 0 Å². The van der Waals surface area contributed by atoms with Crippen LogP contribution in [-0.4, -0.2) is 21.6 Å². The van der Waals surface area contributed by atoms with E-state index >= 15 is 0 Å². The zero-order valence-corrected chi connectivity index (χ0v) is 16.3. The van der Waals surface area contributed by atoms with E-state index in [9.17, 15) is 9.59 Å². The van der Waals surface area contributed by atoms with Crippen LogP contribution in [0.4, 0.5) is 11.4 Å². The van der Waals surface area contributed by atoms with Gasteiger partial charge in [-0.1, -0.05) is 37.3 Å². The molecule has 2 aromatic carbocycles. The van der Waals surface area contributed by atoms with Gasteiger partial charge in [-0.15, -0.1) is 0 Å². The standard InChI is InChI=1S/C22H24N4O2/c1-4-10-20(27)23-19-14-9-8-13-18(19)22(28)24-21-15(2)25-26(16(21)3)17-11-6-5-7-12-17/h5-9,11-14H,4,10H2,1-3H3,(H,23,27)(H,24,28). The molecule has 2 amide bonds. The van der Waals surface area contributed by atoms with Crippen LogP contribution >= 0.6 is 0 Å². The summed E-state index contributed by atoms with van der Waals surface area (Å²) in [5.41, 5.74) is 4.08. The van der Waals surface area contributed by atoms with E-state index in [-0.39, 0.29) is 11.8 Å². The van der Waals surface area contributed by atoms with Crippen molar-refractivity contribution in [1.82, 2.24) is 9.78 Å². The molecule has 0 fully saturated rings. The van der Waals surface area contributed by atoms with Crippen molar-refractivity contribution in [3.05, 3.63) is 71.5 Å². The van der Waals surface area contributed by atoms with Crippen molar-refractivity contribution in [2.45, 2.75) is 33.6 Å². The molecule has 3 aromatic rings. The van der Waals surface area contributed by atoms with Gasteiger partial charge in [0.2, 0.25) is 5.91 Å². The number of hydrogen-bond acceptors (Lipinski definition) is 3. The van der Waals surface area contributed by atoms with E-state index in [4.69, 9.17) is 0 Å². The van der Waals surface area contributed by atoms with Crippen molar-refractivity contribution in [2.24, 2.45) is 0 Å². The van der Waals surface area contributed by atoms with E-state index in [1.54, 1.807) is 28.9 Å². The second kappa shape index (κ2) is 8.52. The summed E-state index contributed by atoms with van der Waals surface area (Å²) in [6.45, 7) is 5.71. The summed E-state index contributed by atoms with van der Waals surface area (Å²) in [6, 6.07) is 16.8. The molecule has 1 aromatic heterocycles. The van der Waals surface area contributed by atoms with E-state index in [1.165, 1.54) is 0 Å². The van der Waals surface area contributed by atoms with Gasteiger partial charge in [-0.25, -0.2) is 4.68 Å². The van der Waals surface area contributed by atoms with Crippen LogP contribution < -0.4 is 10.6 Å². The SMILES string of the molecule is CCCC(=O)Nc1ccccc1C(=O)Nc1c(C)nn(-c2ccccc2)c1C. The number of nitrogens with zero attached hydrogens (tertiary/aromatic N) is 2. The largest absolute Gasteiger partial charge is 0.325 e. The Hall–Kier alpha value is -3.41. The topological polar surface area (TPSA) is 76.0 Å². The Labute approximate surface area is 164 Å². The van der Waals surface area contributed by atoms with E-state index in [1.807, 2.05) is 51.1 Å². The summed E-state index contributed by atoms with van der Waals surface area (Å²) < 4.78 is 1.81. The number of anilines is 2. The highest BCUT2D eigenvalue weighted by Crippen LogP contribution is 2.25. The average molecular weight is 376 g/mol. The predicted octanol–water partition coefficient (Wildman–Crippen LogP) is 4.48. The van der Waals surface area contributed by atoms with Gasteiger partial charge in [0.05, 0.1) is 34.0 Å². The van der Waals surface area contributed by atoms with Gasteiger partial charge in [-0.2, -0.15) is 5.10 Å². The first-order valence-electron chi connectivity index (χ1n) is 9.33. The Bertz CT molecular complexity index is 993. The van der Waals surface area contributed by atoms with Gasteiger partial charge < -0.3 is 10.6 Å². The van der Waals surface area contributed by atoms with Crippen LogP contribution in [0.3, 0.4) is 0 Å². The van der Waals surface area contributed by atoms with Crippen LogP contribution in [0.1, 0.15) is 41.5 Å². The fraction of sp³-hybridized carbons (Fsp3) is 0.227. The first-order valence-corrected chi connectivity index (χ1v) is 9.33. The second-order valence-electron chi connectivity index (χ2n) is 6.59. The molecule has 6 heteroatoms. The summed E-state index contributed by atoms with van der Waals surface area (Å²) in [7, 11) is 0. The molecular formula is C22H24N4O2. The van der Waals surface area contributed by atoms with Gasteiger partial charge in [0.25, 0.3) is 5.91 Å². The minimum absolute atomic E-state index is 0.105. The average Bonchev–Trinajstić information content (AvgIpc) is 2.97. The molecule has 0 aliphatic rings. The molecule has 0 atom stereocenters. The number of aryl methyl sites for hydroxylation is 1. The van der Waals surface area contributed by atoms with Gasteiger partial charge in [-0.3, -0.25) is 9.59 Å². The van der Waals surface area contributed by atoms with E-state index < -0.39 is 0 Å². The van der Waals surface area contributed by atoms with E-state index in [0.717, 1.165) is 23.5 Å². The third-order valence-electron chi connectivity index (χ3n) is 4.45. The number of aromatic nitrogens is 2. The molecule has 0 bridgehead atoms. The molecule has 1 heterocycles. The number of carbonyl (C=O) groups is 2. The van der Waals surface area contributed by atoms with Gasteiger partial charge in [-0.05, 0) is 44.5 Å². The van der Waals surface area contributed by atoms with Gasteiger partial charge >= 0.3 is 0 Å². The Kier molecular flexibility index (Phi) is 5.89. The number of amides is 2. The fourth-order valence-corrected chi connectivity index (χ4v) is 3.05. The van der Waals surface area contributed by atoms with Crippen LogP contribution in [0.2, 0.25) is 0 Å². The Morgan fingerprint density at radius 2 is 1.64 bits per heavy atom. The molecule has 6 nitrogen and oxygen atoms in total. The summed E-state index contributed by atoms with van der Waals surface area (Å²) in [6.07, 6.45) is 1.16. The lowest BCUT2D eigenvalue weighted by atomic mass is 10.1. The van der Waals surface area contributed by atoms with E-state index in [2.05, 4.69) is 15.7 Å². The summed E-state index contributed by atoms with van der Waals surface area (Å²) in [5.74, 6) is -0.391. The first kappa shape index (κ1) is 19.4. The molecular weight excluding hydrogens is 352 g/mol. The smallest absolute Gasteiger partial charge is 0.257 e. The lowest BCUT2D eigenvalue weighted by molar-refractivity contribution is -0.116. The van der Waals surface area contributed by atoms with E-state index in [0.29, 0.717) is 23.4 Å². The zero-order chi connectivity index (χ0) is 20.1. The number of benzene rings is 2. The molecule has 0 spiro atoms. The monoisotopic (exact) mass is 376 g/mol. The van der Waals surface area contributed by atoms with Gasteiger partial charge in [0, 0.05) is 6.42 Å². The Balaban J connectivity index is 1.87. The molecule has 0 aliphatic heterocycles. The molecule has 3 rings (SSSR count). The number of carbonyl (C=O) groups excluding carboxylic acids is 2.